The van der Waals surface area contributed by atoms with E-state index in [1.54, 1.807) is 11.3 Å². The first-order valence-electron chi connectivity index (χ1n) is 5.68. The first-order chi connectivity index (χ1) is 8.25. The van der Waals surface area contributed by atoms with Crippen LogP contribution < -0.4 is 5.32 Å². The fourth-order valence-electron chi connectivity index (χ4n) is 2.29. The number of rotatable bonds is 1. The lowest BCUT2D eigenvalue weighted by Crippen LogP contribution is -2.22. The number of fused-ring (bicyclic) bond motifs is 1. The Morgan fingerprint density at radius 1 is 1.29 bits per heavy atom. The topological polar surface area (TPSA) is 29.1 Å². The normalized spacial score (nSPS) is 18.6. The molecule has 2 aromatic rings. The van der Waals surface area contributed by atoms with E-state index >= 15 is 0 Å². The second kappa shape index (κ2) is 4.00. The molecule has 1 aliphatic heterocycles. The van der Waals surface area contributed by atoms with Crippen molar-refractivity contribution in [3.8, 4) is 0 Å². The number of nitrogens with one attached hydrogen (secondary N) is 1. The summed E-state index contributed by atoms with van der Waals surface area (Å²) in [5, 5.41) is 5.54. The van der Waals surface area contributed by atoms with Crippen LogP contribution >= 0.6 is 11.3 Å². The van der Waals surface area contributed by atoms with Gasteiger partial charge in [-0.3, -0.25) is 4.79 Å². The number of anilines is 1. The molecule has 86 valence electrons. The zero-order chi connectivity index (χ0) is 11.8. The zero-order valence-electron chi connectivity index (χ0n) is 9.57. The van der Waals surface area contributed by atoms with Gasteiger partial charge in [0.25, 0.3) is 0 Å². The van der Waals surface area contributed by atoms with Crippen molar-refractivity contribution >= 4 is 22.8 Å². The number of aryl methyl sites for hydroxylation is 1. The molecule has 0 bridgehead atoms. The molecule has 1 aromatic heterocycles. The quantitative estimate of drug-likeness (QED) is 0.825. The summed E-state index contributed by atoms with van der Waals surface area (Å²) >= 11 is 1.72. The van der Waals surface area contributed by atoms with E-state index in [9.17, 15) is 4.79 Å². The molecule has 1 N–H and O–H groups in total. The van der Waals surface area contributed by atoms with E-state index in [0.29, 0.717) is 6.42 Å². The third-order valence-electron chi connectivity index (χ3n) is 3.16. The first kappa shape index (κ1) is 10.5. The van der Waals surface area contributed by atoms with E-state index in [-0.39, 0.29) is 11.8 Å². The van der Waals surface area contributed by atoms with Crippen molar-refractivity contribution in [2.75, 3.05) is 5.32 Å². The third kappa shape index (κ3) is 1.76. The highest BCUT2D eigenvalue weighted by Gasteiger charge is 2.26. The summed E-state index contributed by atoms with van der Waals surface area (Å²) in [6, 6.07) is 9.98. The second-order valence-corrected chi connectivity index (χ2v) is 5.29. The van der Waals surface area contributed by atoms with Crippen molar-refractivity contribution in [1.29, 1.82) is 0 Å². The van der Waals surface area contributed by atoms with Crippen LogP contribution in [-0.4, -0.2) is 5.78 Å². The van der Waals surface area contributed by atoms with Gasteiger partial charge in [-0.05, 0) is 36.1 Å². The van der Waals surface area contributed by atoms with Gasteiger partial charge in [0.1, 0.15) is 0 Å². The molecule has 0 amide bonds. The standard InChI is InChI=1S/C14H13NOS/c1-9-6-7-17-14(9)12-8-13(16)10-4-2-3-5-11(10)15-12/h2-7,12,15H,8H2,1H3. The molecule has 1 aliphatic rings. The Kier molecular flexibility index (Phi) is 2.48. The van der Waals surface area contributed by atoms with Gasteiger partial charge in [0.2, 0.25) is 0 Å². The first-order valence-corrected chi connectivity index (χ1v) is 6.56. The molecule has 1 unspecified atom stereocenters. The number of benzene rings is 1. The van der Waals surface area contributed by atoms with Gasteiger partial charge in [0, 0.05) is 22.5 Å². The molecule has 0 saturated heterocycles. The predicted molar refractivity (Wildman–Crippen MR) is 70.8 cm³/mol. The minimum Gasteiger partial charge on any atom is -0.376 e. The molecule has 0 saturated carbocycles. The Morgan fingerprint density at radius 2 is 2.12 bits per heavy atom. The van der Waals surface area contributed by atoms with Gasteiger partial charge >= 0.3 is 0 Å². The Morgan fingerprint density at radius 3 is 2.88 bits per heavy atom. The largest absolute Gasteiger partial charge is 0.376 e. The van der Waals surface area contributed by atoms with Crippen LogP contribution in [0.4, 0.5) is 5.69 Å². The summed E-state index contributed by atoms with van der Waals surface area (Å²) < 4.78 is 0. The number of para-hydroxylation sites is 1. The molecule has 0 spiro atoms. The Hall–Kier alpha value is -1.61. The molecule has 3 rings (SSSR count). The SMILES string of the molecule is Cc1ccsc1C1CC(=O)c2ccccc2N1. The maximum Gasteiger partial charge on any atom is 0.167 e. The molecule has 0 fully saturated rings. The minimum absolute atomic E-state index is 0.136. The summed E-state index contributed by atoms with van der Waals surface area (Å²) in [6.07, 6.45) is 0.554. The summed E-state index contributed by atoms with van der Waals surface area (Å²) in [4.78, 5) is 13.3. The van der Waals surface area contributed by atoms with Gasteiger partial charge < -0.3 is 5.32 Å². The number of hydrogen-bond acceptors (Lipinski definition) is 3. The van der Waals surface area contributed by atoms with Crippen molar-refractivity contribution in [3.63, 3.8) is 0 Å². The van der Waals surface area contributed by atoms with Crippen LogP contribution in [0.5, 0.6) is 0 Å². The van der Waals surface area contributed by atoms with Crippen molar-refractivity contribution in [2.45, 2.75) is 19.4 Å². The van der Waals surface area contributed by atoms with Gasteiger partial charge in [0.15, 0.2) is 5.78 Å². The van der Waals surface area contributed by atoms with Crippen molar-refractivity contribution in [1.82, 2.24) is 0 Å². The second-order valence-electron chi connectivity index (χ2n) is 4.34. The van der Waals surface area contributed by atoms with E-state index in [1.807, 2.05) is 24.3 Å². The predicted octanol–water partition coefficient (Wildman–Crippen LogP) is 3.80. The van der Waals surface area contributed by atoms with E-state index in [1.165, 1.54) is 10.4 Å². The summed E-state index contributed by atoms with van der Waals surface area (Å²) in [5.41, 5.74) is 3.04. The molecule has 0 aliphatic carbocycles. The molecule has 2 heterocycles. The zero-order valence-corrected chi connectivity index (χ0v) is 10.4. The highest BCUT2D eigenvalue weighted by Crippen LogP contribution is 2.35. The van der Waals surface area contributed by atoms with Gasteiger partial charge in [-0.15, -0.1) is 11.3 Å². The van der Waals surface area contributed by atoms with Crippen LogP contribution in [0, 0.1) is 6.92 Å². The Labute approximate surface area is 104 Å². The highest BCUT2D eigenvalue weighted by molar-refractivity contribution is 7.10. The number of thiophene rings is 1. The number of hydrogen-bond donors (Lipinski definition) is 1. The van der Waals surface area contributed by atoms with Gasteiger partial charge in [-0.2, -0.15) is 0 Å². The Balaban J connectivity index is 1.99. The minimum atomic E-state index is 0.136. The van der Waals surface area contributed by atoms with Gasteiger partial charge in [-0.25, -0.2) is 0 Å². The lowest BCUT2D eigenvalue weighted by Gasteiger charge is -2.25. The molecule has 1 atom stereocenters. The fourth-order valence-corrected chi connectivity index (χ4v) is 3.27. The average molecular weight is 243 g/mol. The van der Waals surface area contributed by atoms with Crippen molar-refractivity contribution in [3.05, 3.63) is 51.7 Å². The van der Waals surface area contributed by atoms with Crippen LogP contribution in [0.3, 0.4) is 0 Å². The molecule has 2 nitrogen and oxygen atoms in total. The number of carbonyl (C=O) groups excluding carboxylic acids is 1. The number of Topliss-reactive ketones (excluding diaryl/α,β-unsaturated/α-hetero) is 1. The third-order valence-corrected chi connectivity index (χ3v) is 4.30. The summed E-state index contributed by atoms with van der Waals surface area (Å²) in [7, 11) is 0. The average Bonchev–Trinajstić information content (AvgIpc) is 2.75. The lowest BCUT2D eigenvalue weighted by molar-refractivity contribution is 0.0972. The van der Waals surface area contributed by atoms with Gasteiger partial charge in [-0.1, -0.05) is 12.1 Å². The van der Waals surface area contributed by atoms with Crippen LogP contribution in [0.2, 0.25) is 0 Å². The van der Waals surface area contributed by atoms with E-state index in [2.05, 4.69) is 23.7 Å². The van der Waals surface area contributed by atoms with Crippen molar-refractivity contribution < 1.29 is 4.79 Å². The summed E-state index contributed by atoms with van der Waals surface area (Å²) in [6.45, 7) is 2.10. The smallest absolute Gasteiger partial charge is 0.167 e. The molecule has 3 heteroatoms. The monoisotopic (exact) mass is 243 g/mol. The fraction of sp³-hybridized carbons (Fsp3) is 0.214. The van der Waals surface area contributed by atoms with Crippen LogP contribution in [0.25, 0.3) is 0 Å². The molecule has 17 heavy (non-hydrogen) atoms. The lowest BCUT2D eigenvalue weighted by atomic mass is 9.95. The van der Waals surface area contributed by atoms with E-state index in [0.717, 1.165) is 11.3 Å². The molecular formula is C14H13NOS. The molecule has 0 radical (unpaired) electrons. The Bertz CT molecular complexity index is 573. The van der Waals surface area contributed by atoms with Crippen LogP contribution in [0.1, 0.15) is 33.3 Å². The number of ketones is 1. The van der Waals surface area contributed by atoms with Crippen LogP contribution in [-0.2, 0) is 0 Å². The maximum atomic E-state index is 12.1. The summed E-state index contributed by atoms with van der Waals surface area (Å²) in [5.74, 6) is 0.233. The van der Waals surface area contributed by atoms with E-state index < -0.39 is 0 Å². The van der Waals surface area contributed by atoms with Gasteiger partial charge in [0.05, 0.1) is 6.04 Å². The molecular weight excluding hydrogens is 230 g/mol. The van der Waals surface area contributed by atoms with E-state index in [4.69, 9.17) is 0 Å². The highest BCUT2D eigenvalue weighted by atomic mass is 32.1. The maximum absolute atomic E-state index is 12.1. The van der Waals surface area contributed by atoms with Crippen LogP contribution in [0.15, 0.2) is 35.7 Å². The molecule has 1 aromatic carbocycles. The number of carbonyl (C=O) groups is 1. The van der Waals surface area contributed by atoms with Crippen molar-refractivity contribution in [2.24, 2.45) is 0 Å².